The first-order valence-electron chi connectivity index (χ1n) is 9.22. The fourth-order valence-electron chi connectivity index (χ4n) is 2.93. The monoisotopic (exact) mass is 399 g/mol. The van der Waals surface area contributed by atoms with E-state index < -0.39 is 0 Å². The fraction of sp³-hybridized carbons (Fsp3) is 0.273. The molecule has 0 saturated carbocycles. The molecule has 0 fully saturated rings. The van der Waals surface area contributed by atoms with Crippen LogP contribution in [0.4, 0.5) is 0 Å². The summed E-state index contributed by atoms with van der Waals surface area (Å²) in [7, 11) is 0. The van der Waals surface area contributed by atoms with Crippen LogP contribution >= 0.6 is 11.6 Å². The van der Waals surface area contributed by atoms with Crippen molar-refractivity contribution in [1.82, 2.24) is 5.32 Å². The number of carbonyl (C=O) groups excluding carboxylic acids is 1. The summed E-state index contributed by atoms with van der Waals surface area (Å²) in [4.78, 5) is 24.7. The van der Waals surface area contributed by atoms with Crippen LogP contribution < -0.4 is 15.5 Å². The van der Waals surface area contributed by atoms with Crippen molar-refractivity contribution in [2.75, 3.05) is 13.2 Å². The Kier molecular flexibility index (Phi) is 6.37. The molecular weight excluding hydrogens is 378 g/mol. The summed E-state index contributed by atoms with van der Waals surface area (Å²) >= 11 is 5.93. The molecule has 6 heteroatoms. The number of fused-ring (bicyclic) bond motifs is 1. The number of unbranched alkanes of at least 4 members (excludes halogenated alkanes) is 1. The zero-order chi connectivity index (χ0) is 20.1. The number of hydrogen-bond acceptors (Lipinski definition) is 4. The number of benzene rings is 2. The highest BCUT2D eigenvalue weighted by atomic mass is 35.5. The van der Waals surface area contributed by atoms with E-state index in [-0.39, 0.29) is 17.9 Å². The summed E-state index contributed by atoms with van der Waals surface area (Å²) in [5, 5.41) is 3.85. The lowest BCUT2D eigenvalue weighted by Gasteiger charge is -2.10. The molecule has 3 aromatic rings. The molecule has 28 heavy (non-hydrogen) atoms. The Morgan fingerprint density at radius 3 is 2.64 bits per heavy atom. The molecule has 1 aromatic heterocycles. The summed E-state index contributed by atoms with van der Waals surface area (Å²) in [6.45, 7) is 4.37. The molecule has 0 radical (unpaired) electrons. The van der Waals surface area contributed by atoms with E-state index in [0.29, 0.717) is 39.6 Å². The summed E-state index contributed by atoms with van der Waals surface area (Å²) in [6.07, 6.45) is 1.95. The van der Waals surface area contributed by atoms with Gasteiger partial charge < -0.3 is 14.5 Å². The zero-order valence-electron chi connectivity index (χ0n) is 15.9. The first-order valence-corrected chi connectivity index (χ1v) is 9.60. The lowest BCUT2D eigenvalue weighted by atomic mass is 10.0. The van der Waals surface area contributed by atoms with Crippen LogP contribution in [-0.2, 0) is 4.79 Å². The second-order valence-corrected chi connectivity index (χ2v) is 6.96. The van der Waals surface area contributed by atoms with Gasteiger partial charge in [-0.25, -0.2) is 0 Å². The van der Waals surface area contributed by atoms with Crippen LogP contribution in [0, 0.1) is 6.92 Å². The molecule has 0 unspecified atom stereocenters. The van der Waals surface area contributed by atoms with E-state index in [4.69, 9.17) is 20.8 Å². The van der Waals surface area contributed by atoms with Crippen LogP contribution in [0.15, 0.2) is 51.7 Å². The minimum absolute atomic E-state index is 0.0821. The maximum absolute atomic E-state index is 13.0. The molecular formula is C22H22ClNO4. The standard InChI is InChI=1S/C22H22ClNO4/c1-3-4-11-24-20(25)13-27-17-9-10-18-19(12-17)28-14(2)21(22(18)26)15-5-7-16(23)8-6-15/h5-10,12H,3-4,11,13H2,1-2H3,(H,24,25). The van der Waals surface area contributed by atoms with Gasteiger partial charge in [0.1, 0.15) is 17.1 Å². The van der Waals surface area contributed by atoms with Gasteiger partial charge in [0.2, 0.25) is 5.43 Å². The summed E-state index contributed by atoms with van der Waals surface area (Å²) in [6, 6.07) is 12.0. The van der Waals surface area contributed by atoms with E-state index >= 15 is 0 Å². The predicted molar refractivity (Wildman–Crippen MR) is 111 cm³/mol. The number of halogens is 1. The number of amides is 1. The Balaban J connectivity index is 1.84. The van der Waals surface area contributed by atoms with Crippen LogP contribution in [-0.4, -0.2) is 19.1 Å². The largest absolute Gasteiger partial charge is 0.484 e. The van der Waals surface area contributed by atoms with E-state index in [1.807, 2.05) is 0 Å². The third-order valence-electron chi connectivity index (χ3n) is 4.40. The van der Waals surface area contributed by atoms with Gasteiger partial charge in [0.25, 0.3) is 5.91 Å². The van der Waals surface area contributed by atoms with Crippen molar-refractivity contribution in [2.45, 2.75) is 26.7 Å². The molecule has 0 saturated heterocycles. The van der Waals surface area contributed by atoms with Crippen molar-refractivity contribution in [2.24, 2.45) is 0 Å². The molecule has 1 N–H and O–H groups in total. The van der Waals surface area contributed by atoms with Crippen molar-refractivity contribution < 1.29 is 13.9 Å². The molecule has 0 aliphatic heterocycles. The summed E-state index contributed by atoms with van der Waals surface area (Å²) < 4.78 is 11.4. The van der Waals surface area contributed by atoms with E-state index in [1.165, 1.54) is 0 Å². The van der Waals surface area contributed by atoms with Crippen molar-refractivity contribution in [3.05, 3.63) is 63.5 Å². The molecule has 5 nitrogen and oxygen atoms in total. The number of nitrogens with one attached hydrogen (secondary N) is 1. The molecule has 0 bridgehead atoms. The first kappa shape index (κ1) is 20.0. The predicted octanol–water partition coefficient (Wildman–Crippen LogP) is 4.72. The molecule has 2 aromatic carbocycles. The molecule has 0 aliphatic carbocycles. The molecule has 0 spiro atoms. The highest BCUT2D eigenvalue weighted by Crippen LogP contribution is 2.27. The molecule has 0 aliphatic rings. The van der Waals surface area contributed by atoms with Crippen LogP contribution in [0.1, 0.15) is 25.5 Å². The van der Waals surface area contributed by atoms with Crippen molar-refractivity contribution in [3.63, 3.8) is 0 Å². The van der Waals surface area contributed by atoms with Gasteiger partial charge >= 0.3 is 0 Å². The summed E-state index contributed by atoms with van der Waals surface area (Å²) in [5.41, 5.74) is 1.56. The maximum Gasteiger partial charge on any atom is 0.257 e. The molecule has 1 amide bonds. The minimum Gasteiger partial charge on any atom is -0.484 e. The van der Waals surface area contributed by atoms with Gasteiger partial charge in [0.05, 0.1) is 10.9 Å². The van der Waals surface area contributed by atoms with Crippen LogP contribution in [0.25, 0.3) is 22.1 Å². The highest BCUT2D eigenvalue weighted by molar-refractivity contribution is 6.30. The lowest BCUT2D eigenvalue weighted by Crippen LogP contribution is -2.29. The van der Waals surface area contributed by atoms with E-state index in [0.717, 1.165) is 18.4 Å². The van der Waals surface area contributed by atoms with Gasteiger partial charge in [-0.2, -0.15) is 0 Å². The van der Waals surface area contributed by atoms with Crippen molar-refractivity contribution >= 4 is 28.5 Å². The molecule has 1 heterocycles. The quantitative estimate of drug-likeness (QED) is 0.584. The summed E-state index contributed by atoms with van der Waals surface area (Å²) in [5.74, 6) is 0.804. The Labute approximate surface area is 168 Å². The number of rotatable bonds is 7. The molecule has 0 atom stereocenters. The van der Waals surface area contributed by atoms with Crippen LogP contribution in [0.5, 0.6) is 5.75 Å². The van der Waals surface area contributed by atoms with E-state index in [1.54, 1.807) is 49.4 Å². The van der Waals surface area contributed by atoms with Gasteiger partial charge in [0, 0.05) is 17.6 Å². The topological polar surface area (TPSA) is 68.5 Å². The molecule has 146 valence electrons. The van der Waals surface area contributed by atoms with Crippen LogP contribution in [0.3, 0.4) is 0 Å². The van der Waals surface area contributed by atoms with E-state index in [9.17, 15) is 9.59 Å². The van der Waals surface area contributed by atoms with E-state index in [2.05, 4.69) is 12.2 Å². The smallest absolute Gasteiger partial charge is 0.257 e. The average Bonchev–Trinajstić information content (AvgIpc) is 2.68. The SMILES string of the molecule is CCCCNC(=O)COc1ccc2c(=O)c(-c3ccc(Cl)cc3)c(C)oc2c1. The third-order valence-corrected chi connectivity index (χ3v) is 4.65. The Morgan fingerprint density at radius 1 is 1.18 bits per heavy atom. The van der Waals surface area contributed by atoms with Crippen molar-refractivity contribution in [3.8, 4) is 16.9 Å². The van der Waals surface area contributed by atoms with Gasteiger partial charge in [0.15, 0.2) is 6.61 Å². The number of aryl methyl sites for hydroxylation is 1. The second kappa shape index (κ2) is 8.93. The van der Waals surface area contributed by atoms with Gasteiger partial charge in [-0.05, 0) is 43.2 Å². The number of hydrogen-bond donors (Lipinski definition) is 1. The van der Waals surface area contributed by atoms with Gasteiger partial charge in [-0.15, -0.1) is 0 Å². The van der Waals surface area contributed by atoms with Crippen LogP contribution in [0.2, 0.25) is 5.02 Å². The number of carbonyl (C=O) groups is 1. The highest BCUT2D eigenvalue weighted by Gasteiger charge is 2.14. The Bertz CT molecular complexity index is 1040. The first-order chi connectivity index (χ1) is 13.5. The minimum atomic E-state index is -0.177. The number of ether oxygens (including phenoxy) is 1. The van der Waals surface area contributed by atoms with Gasteiger partial charge in [-0.3, -0.25) is 9.59 Å². The second-order valence-electron chi connectivity index (χ2n) is 6.52. The Morgan fingerprint density at radius 2 is 1.93 bits per heavy atom. The maximum atomic E-state index is 13.0. The fourth-order valence-corrected chi connectivity index (χ4v) is 3.06. The zero-order valence-corrected chi connectivity index (χ0v) is 16.6. The lowest BCUT2D eigenvalue weighted by molar-refractivity contribution is -0.123. The Hall–Kier alpha value is -2.79. The normalized spacial score (nSPS) is 10.8. The van der Waals surface area contributed by atoms with Crippen molar-refractivity contribution in [1.29, 1.82) is 0 Å². The van der Waals surface area contributed by atoms with Gasteiger partial charge in [-0.1, -0.05) is 37.1 Å². The molecule has 3 rings (SSSR count). The third kappa shape index (κ3) is 4.54. The average molecular weight is 400 g/mol.